The first-order valence-corrected chi connectivity index (χ1v) is 11.9. The number of fused-ring (bicyclic) bond motifs is 2. The van der Waals surface area contributed by atoms with Crippen molar-refractivity contribution in [1.82, 2.24) is 5.32 Å². The van der Waals surface area contributed by atoms with Gasteiger partial charge in [0.1, 0.15) is 6.61 Å². The van der Waals surface area contributed by atoms with Crippen molar-refractivity contribution in [2.75, 3.05) is 13.2 Å². The van der Waals surface area contributed by atoms with Crippen molar-refractivity contribution in [3.8, 4) is 0 Å². The molecule has 0 aliphatic carbocycles. The largest absolute Gasteiger partial charge is 0.445 e. The van der Waals surface area contributed by atoms with E-state index < -0.39 is 15.1 Å². The van der Waals surface area contributed by atoms with Gasteiger partial charge in [-0.2, -0.15) is 0 Å². The molecule has 3 rings (SSSR count). The minimum Gasteiger partial charge on any atom is -0.445 e. The van der Waals surface area contributed by atoms with Crippen molar-refractivity contribution >= 4 is 21.4 Å². The minimum absolute atomic E-state index is 0.179. The highest BCUT2D eigenvalue weighted by molar-refractivity contribution is 7.92. The maximum absolute atomic E-state index is 13.2. The molecule has 0 saturated heterocycles. The predicted molar refractivity (Wildman–Crippen MR) is 115 cm³/mol. The molecule has 1 heterocycles. The van der Waals surface area contributed by atoms with Crippen molar-refractivity contribution in [2.45, 2.75) is 55.2 Å². The average molecular weight is 423 g/mol. The zero-order chi connectivity index (χ0) is 20.1. The van der Waals surface area contributed by atoms with E-state index in [1.165, 1.54) is 0 Å². The van der Waals surface area contributed by atoms with Crippen LogP contribution in [-0.4, -0.2) is 31.9 Å². The Kier molecular flexibility index (Phi) is 7.15. The molecule has 2 atom stereocenters. The fourth-order valence-corrected chi connectivity index (χ4v) is 5.74. The molecule has 28 heavy (non-hydrogen) atoms. The molecule has 0 aromatic heterocycles. The maximum Gasteiger partial charge on any atom is 0.181 e. The van der Waals surface area contributed by atoms with E-state index in [0.29, 0.717) is 22.9 Å². The quantitative estimate of drug-likeness (QED) is 0.541. The lowest BCUT2D eigenvalue weighted by molar-refractivity contribution is 0.282. The van der Waals surface area contributed by atoms with Crippen LogP contribution in [0.25, 0.3) is 0 Å². The van der Waals surface area contributed by atoms with Gasteiger partial charge in [0.05, 0.1) is 16.2 Å². The maximum atomic E-state index is 13.2. The molecule has 0 spiro atoms. The monoisotopic (exact) mass is 422 g/mol. The van der Waals surface area contributed by atoms with Crippen LogP contribution >= 0.6 is 11.6 Å². The standard InChI is InChI=1S/C22H28ClNO3S/c1-16-14-17-8-4-5-9-19(17)22(24-12-6-2-3-7-13-25)20-11-10-18(23)15-21(20)28(16,26)27/h4-5,8-11,15-16,22,24-25H,2-3,6-7,12-14H2,1H3/p+1. The molecule has 6 heteroatoms. The summed E-state index contributed by atoms with van der Waals surface area (Å²) in [7, 11) is -3.47. The highest BCUT2D eigenvalue weighted by Gasteiger charge is 2.33. The number of nitrogens with one attached hydrogen (secondary N) is 1. The average Bonchev–Trinajstić information content (AvgIpc) is 2.68. The first-order valence-electron chi connectivity index (χ1n) is 9.94. The van der Waals surface area contributed by atoms with Crippen molar-refractivity contribution in [2.24, 2.45) is 0 Å². The molecule has 0 fully saturated rings. The summed E-state index contributed by atoms with van der Waals surface area (Å²) in [6.07, 6.45) is 4.56. The van der Waals surface area contributed by atoms with Gasteiger partial charge in [-0.3, -0.25) is 0 Å². The summed E-state index contributed by atoms with van der Waals surface area (Å²) in [5.74, 6) is 0. The Morgan fingerprint density at radius 3 is 2.61 bits per heavy atom. The van der Waals surface area contributed by atoms with Gasteiger partial charge in [0.25, 0.3) is 0 Å². The molecular weight excluding hydrogens is 394 g/mol. The second-order valence-electron chi connectivity index (χ2n) is 7.49. The van der Waals surface area contributed by atoms with Crippen molar-refractivity contribution in [1.29, 1.82) is 0 Å². The van der Waals surface area contributed by atoms with Gasteiger partial charge in [-0.25, -0.2) is 8.42 Å². The molecule has 2 aromatic rings. The molecule has 0 amide bonds. The molecule has 2 unspecified atom stereocenters. The van der Waals surface area contributed by atoms with E-state index in [9.17, 15) is 8.42 Å². The van der Waals surface area contributed by atoms with Gasteiger partial charge in [0.2, 0.25) is 0 Å². The Hall–Kier alpha value is -1.40. The topological polar surface area (TPSA) is 69.1 Å². The van der Waals surface area contributed by atoms with Crippen LogP contribution in [0.2, 0.25) is 5.02 Å². The van der Waals surface area contributed by atoms with E-state index in [1.807, 2.05) is 24.3 Å². The fourth-order valence-electron chi connectivity index (χ4n) is 3.87. The molecule has 2 aromatic carbocycles. The van der Waals surface area contributed by atoms with E-state index >= 15 is 0 Å². The van der Waals surface area contributed by atoms with Gasteiger partial charge in [0, 0.05) is 11.4 Å². The van der Waals surface area contributed by atoms with Gasteiger partial charge in [0.15, 0.2) is 9.84 Å². The van der Waals surface area contributed by atoms with Crippen LogP contribution in [0.15, 0.2) is 47.4 Å². The zero-order valence-electron chi connectivity index (χ0n) is 16.2. The van der Waals surface area contributed by atoms with Crippen LogP contribution in [0.4, 0.5) is 0 Å². The second kappa shape index (κ2) is 9.40. The lowest BCUT2D eigenvalue weighted by Gasteiger charge is -2.29. The zero-order valence-corrected chi connectivity index (χ0v) is 17.8. The minimum atomic E-state index is -3.47. The van der Waals surface area contributed by atoms with Crippen LogP contribution in [0.1, 0.15) is 55.3 Å². The molecule has 0 saturated carbocycles. The molecule has 152 valence electrons. The molecule has 3 N–H and O–H groups in total. The van der Waals surface area contributed by atoms with Gasteiger partial charge in [-0.1, -0.05) is 48.4 Å². The summed E-state index contributed by atoms with van der Waals surface area (Å²) in [5, 5.41) is 10.8. The van der Waals surface area contributed by atoms with Gasteiger partial charge in [-0.15, -0.1) is 0 Å². The summed E-state index contributed by atoms with van der Waals surface area (Å²) in [4.78, 5) is 0.341. The number of hydrogen-bond acceptors (Lipinski definition) is 3. The summed E-state index contributed by atoms with van der Waals surface area (Å²) in [6, 6.07) is 13.1. The van der Waals surface area contributed by atoms with Crippen LogP contribution < -0.4 is 5.32 Å². The summed E-state index contributed by atoms with van der Waals surface area (Å²) in [5.41, 5.74) is 2.99. The van der Waals surface area contributed by atoms with Crippen molar-refractivity contribution in [3.05, 3.63) is 64.2 Å². The Balaban J connectivity index is 1.98. The first-order chi connectivity index (χ1) is 13.4. The number of unbranched alkanes of at least 4 members (excludes halogenated alkanes) is 3. The van der Waals surface area contributed by atoms with Crippen molar-refractivity contribution in [3.63, 3.8) is 0 Å². The molecule has 0 radical (unpaired) electrons. The summed E-state index contributed by atoms with van der Waals surface area (Å²) in [6.45, 7) is 3.05. The van der Waals surface area contributed by atoms with E-state index in [0.717, 1.165) is 48.9 Å². The first kappa shape index (κ1) is 21.3. The van der Waals surface area contributed by atoms with Gasteiger partial charge >= 0.3 is 0 Å². The normalized spacial score (nSPS) is 20.7. The van der Waals surface area contributed by atoms with Crippen LogP contribution in [0.3, 0.4) is 0 Å². The predicted octanol–water partition coefficient (Wildman–Crippen LogP) is 4.02. The summed E-state index contributed by atoms with van der Waals surface area (Å²) >= 11 is 6.17. The molecule has 1 aliphatic heterocycles. The molecule has 1 aliphatic rings. The third-order valence-electron chi connectivity index (χ3n) is 5.45. The smallest absolute Gasteiger partial charge is 0.181 e. The molecular formula is C22H29ClNO3S+. The van der Waals surface area contributed by atoms with E-state index in [-0.39, 0.29) is 6.04 Å². The lowest BCUT2D eigenvalue weighted by Crippen LogP contribution is -2.31. The Morgan fingerprint density at radius 1 is 1.07 bits per heavy atom. The number of rotatable bonds is 7. The highest BCUT2D eigenvalue weighted by atomic mass is 35.5. The summed E-state index contributed by atoms with van der Waals surface area (Å²) < 4.78 is 26.5. The van der Waals surface area contributed by atoms with Crippen LogP contribution in [-0.2, 0) is 16.3 Å². The lowest BCUT2D eigenvalue weighted by atomic mass is 9.92. The molecule has 0 bridgehead atoms. The van der Waals surface area contributed by atoms with E-state index in [1.54, 1.807) is 19.1 Å². The van der Waals surface area contributed by atoms with Crippen molar-refractivity contribution < 1.29 is 13.5 Å². The molecule has 4 nitrogen and oxygen atoms in total. The van der Waals surface area contributed by atoms with Gasteiger partial charge in [-0.05, 0) is 61.6 Å². The van der Waals surface area contributed by atoms with E-state index in [2.05, 4.69) is 11.4 Å². The highest BCUT2D eigenvalue weighted by Crippen LogP contribution is 2.37. The number of halogens is 1. The number of benzene rings is 2. The fraction of sp³-hybridized carbons (Fsp3) is 0.455. The Morgan fingerprint density at radius 2 is 1.82 bits per heavy atom. The Labute approximate surface area is 172 Å². The van der Waals surface area contributed by atoms with E-state index in [4.69, 9.17) is 16.7 Å². The second-order valence-corrected chi connectivity index (χ2v) is 10.3. The van der Waals surface area contributed by atoms with Crippen LogP contribution in [0.5, 0.6) is 0 Å². The van der Waals surface area contributed by atoms with Gasteiger partial charge < -0.3 is 10.4 Å². The Bertz CT molecular complexity index is 914. The number of hydrogen-bond donors (Lipinski definition) is 1. The third kappa shape index (κ3) is 4.60. The number of sulfone groups is 1. The third-order valence-corrected chi connectivity index (χ3v) is 7.88. The SMILES string of the molecule is CC1Cc2ccccc2C(NCCCCCC[OH2+])c2ccc(Cl)cc2S1(=O)=O. The van der Waals surface area contributed by atoms with Crippen LogP contribution in [0, 0.1) is 0 Å².